The van der Waals surface area contributed by atoms with E-state index in [1.807, 2.05) is 85.8 Å². The molecule has 0 fully saturated rings. The number of phenols is 1. The molecule has 0 radical (unpaired) electrons. The molecule has 5 aromatic carbocycles. The maximum atomic E-state index is 13.7. The van der Waals surface area contributed by atoms with E-state index in [0.29, 0.717) is 16.8 Å². The molecule has 0 saturated carbocycles. The van der Waals surface area contributed by atoms with Gasteiger partial charge in [-0.2, -0.15) is 5.11 Å². The van der Waals surface area contributed by atoms with Crippen molar-refractivity contribution in [2.24, 2.45) is 16.0 Å². The standard InChI is InChI=1S/C39H41N5O2/c1-4-7-23-39(40,22-5-2)27-17-19-28(20-18-27)43-44-36-34-26(16-21-30-29-13-9-11-15-33(29)41-35(30)34)24-31(37(36)45)38(46)42-32-14-10-8-12-25(32)6-3/h8-21,24,41,45H,4-7,22-23,40H2,1-3H3,(H,42,46). The number of carbonyl (C=O) groups is 1. The Morgan fingerprint density at radius 3 is 2.39 bits per heavy atom. The zero-order chi connectivity index (χ0) is 32.3. The van der Waals surface area contributed by atoms with Gasteiger partial charge < -0.3 is 21.1 Å². The van der Waals surface area contributed by atoms with E-state index in [1.165, 1.54) is 0 Å². The summed E-state index contributed by atoms with van der Waals surface area (Å²) < 4.78 is 0. The van der Waals surface area contributed by atoms with Gasteiger partial charge in [-0.25, -0.2) is 0 Å². The summed E-state index contributed by atoms with van der Waals surface area (Å²) in [5.41, 5.74) is 12.1. The molecule has 1 unspecified atom stereocenters. The van der Waals surface area contributed by atoms with Gasteiger partial charge in [0.2, 0.25) is 0 Å². The number of azo groups is 1. The average molecular weight is 612 g/mol. The summed E-state index contributed by atoms with van der Waals surface area (Å²) in [5.74, 6) is -0.644. The number of anilines is 1. The second-order valence-electron chi connectivity index (χ2n) is 12.1. The van der Waals surface area contributed by atoms with Crippen LogP contribution in [-0.4, -0.2) is 16.0 Å². The highest BCUT2D eigenvalue weighted by molar-refractivity contribution is 6.22. The third kappa shape index (κ3) is 5.86. The summed E-state index contributed by atoms with van der Waals surface area (Å²) in [6, 6.07) is 29.4. The molecule has 1 aromatic heterocycles. The van der Waals surface area contributed by atoms with E-state index in [9.17, 15) is 9.90 Å². The van der Waals surface area contributed by atoms with Crippen LogP contribution in [0.15, 0.2) is 101 Å². The first-order valence-corrected chi connectivity index (χ1v) is 16.3. The molecule has 0 spiro atoms. The Labute approximate surface area is 269 Å². The lowest BCUT2D eigenvalue weighted by Crippen LogP contribution is -2.36. The molecule has 234 valence electrons. The topological polar surface area (TPSA) is 116 Å². The number of aryl methyl sites for hydroxylation is 1. The predicted octanol–water partition coefficient (Wildman–Crippen LogP) is 10.6. The lowest BCUT2D eigenvalue weighted by atomic mass is 9.82. The minimum absolute atomic E-state index is 0.126. The second-order valence-corrected chi connectivity index (χ2v) is 12.1. The van der Waals surface area contributed by atoms with Crippen LogP contribution in [0.5, 0.6) is 5.75 Å². The number of fused-ring (bicyclic) bond motifs is 5. The number of nitrogens with two attached hydrogens (primary N) is 1. The van der Waals surface area contributed by atoms with Crippen LogP contribution in [0.25, 0.3) is 32.6 Å². The van der Waals surface area contributed by atoms with Gasteiger partial charge in [0.25, 0.3) is 5.91 Å². The number of nitrogens with zero attached hydrogens (tertiary/aromatic N) is 2. The van der Waals surface area contributed by atoms with E-state index >= 15 is 0 Å². The SMILES string of the molecule is CCCCC(N)(CCC)c1ccc(N=Nc2c(O)c(C(=O)Nc3ccccc3CC)cc3ccc4c5ccccc5[nH]c4c23)cc1. The first kappa shape index (κ1) is 31.0. The molecule has 0 bridgehead atoms. The fraction of sp³-hybridized carbons (Fsp3) is 0.256. The van der Waals surface area contributed by atoms with Gasteiger partial charge in [-0.05, 0) is 66.1 Å². The zero-order valence-corrected chi connectivity index (χ0v) is 26.7. The fourth-order valence-electron chi connectivity index (χ4n) is 6.51. The molecule has 0 aliphatic heterocycles. The molecule has 6 aromatic rings. The summed E-state index contributed by atoms with van der Waals surface area (Å²) in [6.07, 6.45) is 5.77. The summed E-state index contributed by atoms with van der Waals surface area (Å²) in [4.78, 5) is 17.2. The van der Waals surface area contributed by atoms with Crippen LogP contribution in [-0.2, 0) is 12.0 Å². The molecule has 6 rings (SSSR count). The van der Waals surface area contributed by atoms with Crippen LogP contribution in [0.3, 0.4) is 0 Å². The summed E-state index contributed by atoms with van der Waals surface area (Å²) in [7, 11) is 0. The molecule has 5 N–H and O–H groups in total. The van der Waals surface area contributed by atoms with Gasteiger partial charge in [0.05, 0.1) is 16.8 Å². The monoisotopic (exact) mass is 611 g/mol. The number of aromatic amines is 1. The van der Waals surface area contributed by atoms with E-state index in [0.717, 1.165) is 76.8 Å². The number of benzene rings is 5. The van der Waals surface area contributed by atoms with Crippen LogP contribution in [0, 0.1) is 0 Å². The molecule has 0 saturated heterocycles. The molecule has 7 nitrogen and oxygen atoms in total. The number of para-hydroxylation sites is 2. The maximum Gasteiger partial charge on any atom is 0.259 e. The molecule has 46 heavy (non-hydrogen) atoms. The number of hydrogen-bond donors (Lipinski definition) is 4. The summed E-state index contributed by atoms with van der Waals surface area (Å²) in [5, 5.41) is 27.4. The molecule has 1 heterocycles. The Morgan fingerprint density at radius 1 is 0.870 bits per heavy atom. The minimum Gasteiger partial charge on any atom is -0.505 e. The number of carbonyl (C=O) groups excluding carboxylic acids is 1. The van der Waals surface area contributed by atoms with Crippen LogP contribution in [0.2, 0.25) is 0 Å². The number of aromatic nitrogens is 1. The van der Waals surface area contributed by atoms with Crippen LogP contribution < -0.4 is 11.1 Å². The molecule has 1 atom stereocenters. The lowest BCUT2D eigenvalue weighted by Gasteiger charge is -2.30. The van der Waals surface area contributed by atoms with Gasteiger partial charge in [0, 0.05) is 32.9 Å². The van der Waals surface area contributed by atoms with Gasteiger partial charge in [-0.1, -0.05) is 101 Å². The largest absolute Gasteiger partial charge is 0.505 e. The minimum atomic E-state index is -0.417. The van der Waals surface area contributed by atoms with E-state index in [1.54, 1.807) is 6.07 Å². The number of unbranched alkanes of at least 4 members (excludes halogenated alkanes) is 1. The number of hydrogen-bond acceptors (Lipinski definition) is 5. The van der Waals surface area contributed by atoms with Crippen molar-refractivity contribution in [1.29, 1.82) is 0 Å². The first-order chi connectivity index (χ1) is 22.4. The van der Waals surface area contributed by atoms with Crippen molar-refractivity contribution in [2.45, 2.75) is 64.8 Å². The normalized spacial score (nSPS) is 13.1. The fourth-order valence-corrected chi connectivity index (χ4v) is 6.51. The number of rotatable bonds is 11. The zero-order valence-electron chi connectivity index (χ0n) is 26.7. The average Bonchev–Trinajstić information content (AvgIpc) is 3.46. The molecular formula is C39H41N5O2. The Bertz CT molecular complexity index is 2060. The van der Waals surface area contributed by atoms with Crippen LogP contribution in [0.1, 0.15) is 74.4 Å². The van der Waals surface area contributed by atoms with Crippen molar-refractivity contribution in [3.8, 4) is 5.75 Å². The van der Waals surface area contributed by atoms with Gasteiger partial charge in [0.1, 0.15) is 5.69 Å². The van der Waals surface area contributed by atoms with E-state index in [2.05, 4.69) is 40.4 Å². The Kier molecular flexibility index (Phi) is 8.86. The highest BCUT2D eigenvalue weighted by atomic mass is 16.3. The van der Waals surface area contributed by atoms with Crippen molar-refractivity contribution in [3.05, 3.63) is 108 Å². The Balaban J connectivity index is 1.46. The summed E-state index contributed by atoms with van der Waals surface area (Å²) >= 11 is 0. The smallest absolute Gasteiger partial charge is 0.259 e. The molecule has 0 aliphatic carbocycles. The third-order valence-electron chi connectivity index (χ3n) is 9.00. The van der Waals surface area contributed by atoms with Crippen LogP contribution in [0.4, 0.5) is 17.1 Å². The number of H-pyrrole nitrogens is 1. The van der Waals surface area contributed by atoms with Crippen molar-refractivity contribution >= 4 is 55.5 Å². The Morgan fingerprint density at radius 2 is 1.63 bits per heavy atom. The van der Waals surface area contributed by atoms with Crippen molar-refractivity contribution in [2.75, 3.05) is 5.32 Å². The highest BCUT2D eigenvalue weighted by Crippen LogP contribution is 2.44. The predicted molar refractivity (Wildman–Crippen MR) is 190 cm³/mol. The van der Waals surface area contributed by atoms with Crippen molar-refractivity contribution in [3.63, 3.8) is 0 Å². The molecular weight excluding hydrogens is 570 g/mol. The number of nitrogens with one attached hydrogen (secondary N) is 2. The van der Waals surface area contributed by atoms with Gasteiger partial charge >= 0.3 is 0 Å². The van der Waals surface area contributed by atoms with Gasteiger partial charge in [-0.15, -0.1) is 5.11 Å². The van der Waals surface area contributed by atoms with Crippen molar-refractivity contribution < 1.29 is 9.90 Å². The quantitative estimate of drug-likeness (QED) is 0.109. The lowest BCUT2D eigenvalue weighted by molar-refractivity contribution is 0.102. The third-order valence-corrected chi connectivity index (χ3v) is 9.00. The summed E-state index contributed by atoms with van der Waals surface area (Å²) in [6.45, 7) is 6.38. The second kappa shape index (κ2) is 13.2. The van der Waals surface area contributed by atoms with Crippen molar-refractivity contribution in [1.82, 2.24) is 4.98 Å². The van der Waals surface area contributed by atoms with Gasteiger partial charge in [0.15, 0.2) is 5.75 Å². The van der Waals surface area contributed by atoms with E-state index in [-0.39, 0.29) is 22.5 Å². The number of amides is 1. The van der Waals surface area contributed by atoms with Gasteiger partial charge in [-0.3, -0.25) is 4.79 Å². The highest BCUT2D eigenvalue weighted by Gasteiger charge is 2.26. The van der Waals surface area contributed by atoms with E-state index < -0.39 is 5.91 Å². The number of aromatic hydroxyl groups is 1. The molecule has 7 heteroatoms. The van der Waals surface area contributed by atoms with Crippen LogP contribution >= 0.6 is 0 Å². The van der Waals surface area contributed by atoms with E-state index in [4.69, 9.17) is 5.73 Å². The Hall–Kier alpha value is -5.01. The molecule has 0 aliphatic rings. The first-order valence-electron chi connectivity index (χ1n) is 16.3. The maximum absolute atomic E-state index is 13.7. The molecule has 1 amide bonds. The number of phenolic OH excluding ortho intramolecular Hbond substituents is 1.